The van der Waals surface area contributed by atoms with Gasteiger partial charge in [0, 0.05) is 5.92 Å². The number of carbonyl (C=O) groups is 1. The van der Waals surface area contributed by atoms with Gasteiger partial charge in [0.15, 0.2) is 0 Å². The van der Waals surface area contributed by atoms with E-state index in [0.29, 0.717) is 6.10 Å². The summed E-state index contributed by atoms with van der Waals surface area (Å²) in [7, 11) is 0. The van der Waals surface area contributed by atoms with Crippen LogP contribution in [0.15, 0.2) is 0 Å². The van der Waals surface area contributed by atoms with Crippen molar-refractivity contribution in [1.29, 1.82) is 0 Å². The molecule has 3 atom stereocenters. The minimum Gasteiger partial charge on any atom is -0.374 e. The Balaban J connectivity index is 2.09. The Bertz CT molecular complexity index is 133. The van der Waals surface area contributed by atoms with Gasteiger partial charge in [-0.25, -0.2) is 0 Å². The molecule has 0 unspecified atom stereocenters. The summed E-state index contributed by atoms with van der Waals surface area (Å²) >= 11 is 0. The van der Waals surface area contributed by atoms with Crippen LogP contribution in [0.1, 0.15) is 19.3 Å². The monoisotopic (exact) mass is 126 g/mol. The molecule has 0 N–H and O–H groups in total. The van der Waals surface area contributed by atoms with E-state index in [0.717, 1.165) is 19.1 Å². The first-order chi connectivity index (χ1) is 4.40. The van der Waals surface area contributed by atoms with E-state index in [9.17, 15) is 4.79 Å². The number of rotatable bonds is 1. The SMILES string of the molecule is O=C[C@@H]1C[C@H]2CC[C@@H]1O2. The Labute approximate surface area is 54.2 Å². The molecular weight excluding hydrogens is 116 g/mol. The van der Waals surface area contributed by atoms with Crippen molar-refractivity contribution in [2.45, 2.75) is 31.5 Å². The number of ether oxygens (including phenoxy) is 1. The van der Waals surface area contributed by atoms with Gasteiger partial charge in [-0.1, -0.05) is 0 Å². The van der Waals surface area contributed by atoms with Crippen molar-refractivity contribution in [2.75, 3.05) is 0 Å². The molecule has 2 aliphatic rings. The maximum absolute atomic E-state index is 10.3. The molecule has 0 amide bonds. The van der Waals surface area contributed by atoms with E-state index >= 15 is 0 Å². The first kappa shape index (κ1) is 5.42. The summed E-state index contributed by atoms with van der Waals surface area (Å²) in [5.41, 5.74) is 0. The molecule has 0 aromatic carbocycles. The Morgan fingerprint density at radius 2 is 2.33 bits per heavy atom. The van der Waals surface area contributed by atoms with E-state index in [1.54, 1.807) is 0 Å². The third-order valence-electron chi connectivity index (χ3n) is 2.33. The van der Waals surface area contributed by atoms with Crippen molar-refractivity contribution in [3.8, 4) is 0 Å². The van der Waals surface area contributed by atoms with Crippen LogP contribution in [0.25, 0.3) is 0 Å². The third kappa shape index (κ3) is 0.697. The standard InChI is InChI=1S/C7H10O2/c8-4-5-3-6-1-2-7(5)9-6/h4-7H,1-3H2/t5-,6+,7-/m0/s1. The summed E-state index contributed by atoms with van der Waals surface area (Å²) in [6, 6.07) is 0. The highest BCUT2D eigenvalue weighted by Gasteiger charge is 2.40. The summed E-state index contributed by atoms with van der Waals surface area (Å²) in [5, 5.41) is 0. The highest BCUT2D eigenvalue weighted by molar-refractivity contribution is 5.55. The van der Waals surface area contributed by atoms with Crippen LogP contribution < -0.4 is 0 Å². The van der Waals surface area contributed by atoms with Crippen LogP contribution in [0.2, 0.25) is 0 Å². The highest BCUT2D eigenvalue weighted by Crippen LogP contribution is 2.37. The zero-order chi connectivity index (χ0) is 6.27. The lowest BCUT2D eigenvalue weighted by molar-refractivity contribution is -0.112. The Morgan fingerprint density at radius 1 is 1.44 bits per heavy atom. The van der Waals surface area contributed by atoms with Gasteiger partial charge in [0.25, 0.3) is 0 Å². The van der Waals surface area contributed by atoms with Crippen LogP contribution in [0.3, 0.4) is 0 Å². The molecule has 2 heterocycles. The zero-order valence-electron chi connectivity index (χ0n) is 5.25. The predicted octanol–water partition coefficient (Wildman–Crippen LogP) is 0.753. The first-order valence-electron chi connectivity index (χ1n) is 3.51. The molecule has 2 saturated heterocycles. The molecular formula is C7H10O2. The summed E-state index contributed by atoms with van der Waals surface area (Å²) in [6.45, 7) is 0. The smallest absolute Gasteiger partial charge is 0.125 e. The normalized spacial score (nSPS) is 47.8. The van der Waals surface area contributed by atoms with Gasteiger partial charge in [-0.2, -0.15) is 0 Å². The fraction of sp³-hybridized carbons (Fsp3) is 0.857. The van der Waals surface area contributed by atoms with Crippen LogP contribution in [0, 0.1) is 5.92 Å². The quantitative estimate of drug-likeness (QED) is 0.485. The van der Waals surface area contributed by atoms with Crippen molar-refractivity contribution in [3.05, 3.63) is 0 Å². The molecule has 0 aliphatic carbocycles. The van der Waals surface area contributed by atoms with E-state index in [4.69, 9.17) is 4.74 Å². The van der Waals surface area contributed by atoms with Crippen LogP contribution in [0.4, 0.5) is 0 Å². The fourth-order valence-electron chi connectivity index (χ4n) is 1.82. The number of hydrogen-bond donors (Lipinski definition) is 0. The molecule has 9 heavy (non-hydrogen) atoms. The van der Waals surface area contributed by atoms with Gasteiger partial charge in [-0.3, -0.25) is 0 Å². The van der Waals surface area contributed by atoms with E-state index < -0.39 is 0 Å². The molecule has 0 aromatic heterocycles. The second-order valence-corrected chi connectivity index (χ2v) is 2.91. The summed E-state index contributed by atoms with van der Waals surface area (Å²) < 4.78 is 5.44. The molecule has 0 spiro atoms. The van der Waals surface area contributed by atoms with E-state index in [1.165, 1.54) is 6.42 Å². The Kier molecular flexibility index (Phi) is 1.09. The van der Waals surface area contributed by atoms with Crippen molar-refractivity contribution in [2.24, 2.45) is 5.92 Å². The maximum atomic E-state index is 10.3. The molecule has 0 saturated carbocycles. The molecule has 0 radical (unpaired) electrons. The van der Waals surface area contributed by atoms with Crippen molar-refractivity contribution < 1.29 is 9.53 Å². The van der Waals surface area contributed by atoms with Gasteiger partial charge in [0.05, 0.1) is 12.2 Å². The summed E-state index contributed by atoms with van der Waals surface area (Å²) in [6.07, 6.45) is 5.01. The lowest BCUT2D eigenvalue weighted by Gasteiger charge is -2.09. The van der Waals surface area contributed by atoms with Gasteiger partial charge in [0.2, 0.25) is 0 Å². The van der Waals surface area contributed by atoms with Gasteiger partial charge in [0.1, 0.15) is 6.29 Å². The summed E-state index contributed by atoms with van der Waals surface area (Å²) in [5.74, 6) is 0.226. The van der Waals surface area contributed by atoms with E-state index in [2.05, 4.69) is 0 Å². The van der Waals surface area contributed by atoms with Gasteiger partial charge < -0.3 is 9.53 Å². The average molecular weight is 126 g/mol. The molecule has 50 valence electrons. The van der Waals surface area contributed by atoms with Crippen molar-refractivity contribution in [3.63, 3.8) is 0 Å². The highest BCUT2D eigenvalue weighted by atomic mass is 16.5. The Morgan fingerprint density at radius 3 is 2.67 bits per heavy atom. The van der Waals surface area contributed by atoms with Crippen LogP contribution in [-0.4, -0.2) is 18.5 Å². The third-order valence-corrected chi connectivity index (χ3v) is 2.33. The van der Waals surface area contributed by atoms with Crippen LogP contribution >= 0.6 is 0 Å². The van der Waals surface area contributed by atoms with Crippen molar-refractivity contribution in [1.82, 2.24) is 0 Å². The van der Waals surface area contributed by atoms with E-state index in [-0.39, 0.29) is 12.0 Å². The number of carbonyl (C=O) groups excluding carboxylic acids is 1. The lowest BCUT2D eigenvalue weighted by atomic mass is 9.91. The maximum Gasteiger partial charge on any atom is 0.125 e. The molecule has 2 bridgehead atoms. The largest absolute Gasteiger partial charge is 0.374 e. The molecule has 2 nitrogen and oxygen atoms in total. The number of hydrogen-bond acceptors (Lipinski definition) is 2. The minimum atomic E-state index is 0.226. The topological polar surface area (TPSA) is 26.3 Å². The number of fused-ring (bicyclic) bond motifs is 2. The lowest BCUT2D eigenvalue weighted by Crippen LogP contribution is -2.16. The molecule has 0 aromatic rings. The fourth-order valence-corrected chi connectivity index (χ4v) is 1.82. The van der Waals surface area contributed by atoms with Gasteiger partial charge in [-0.05, 0) is 19.3 Å². The zero-order valence-corrected chi connectivity index (χ0v) is 5.25. The predicted molar refractivity (Wildman–Crippen MR) is 32.1 cm³/mol. The molecule has 2 heteroatoms. The minimum absolute atomic E-state index is 0.226. The van der Waals surface area contributed by atoms with Crippen LogP contribution in [-0.2, 0) is 9.53 Å². The number of aldehydes is 1. The second kappa shape index (κ2) is 1.81. The molecule has 2 fully saturated rings. The molecule has 2 aliphatic heterocycles. The second-order valence-electron chi connectivity index (χ2n) is 2.91. The summed E-state index contributed by atoms with van der Waals surface area (Å²) in [4.78, 5) is 10.3. The molecule has 2 rings (SSSR count). The van der Waals surface area contributed by atoms with Gasteiger partial charge in [-0.15, -0.1) is 0 Å². The Hall–Kier alpha value is -0.370. The average Bonchev–Trinajstić information content (AvgIpc) is 2.45. The van der Waals surface area contributed by atoms with E-state index in [1.807, 2.05) is 0 Å². The van der Waals surface area contributed by atoms with Crippen LogP contribution in [0.5, 0.6) is 0 Å². The van der Waals surface area contributed by atoms with Gasteiger partial charge >= 0.3 is 0 Å². The first-order valence-corrected chi connectivity index (χ1v) is 3.51. The van der Waals surface area contributed by atoms with Crippen molar-refractivity contribution >= 4 is 6.29 Å².